The summed E-state index contributed by atoms with van der Waals surface area (Å²) in [6.45, 7) is 7.58. The van der Waals surface area contributed by atoms with E-state index in [-0.39, 0.29) is 12.5 Å². The van der Waals surface area contributed by atoms with Crippen LogP contribution in [0.25, 0.3) is 0 Å². The molecule has 7 nitrogen and oxygen atoms in total. The van der Waals surface area contributed by atoms with Gasteiger partial charge in [0.25, 0.3) is 0 Å². The largest absolute Gasteiger partial charge is 0.354 e. The number of nitrogens with one attached hydrogen (secondary N) is 1. The Morgan fingerprint density at radius 1 is 1.06 bits per heavy atom. The Hall–Kier alpha value is -2.94. The van der Waals surface area contributed by atoms with Crippen LogP contribution in [0.5, 0.6) is 0 Å². The minimum absolute atomic E-state index is 0.0449. The number of aryl methyl sites for hydroxylation is 2. The first-order chi connectivity index (χ1) is 16.5. The molecule has 0 fully saturated rings. The molecule has 35 heavy (non-hydrogen) atoms. The topological polar surface area (TPSA) is 86.8 Å². The molecule has 2 rings (SSSR count). The normalized spacial score (nSPS) is 12.2. The van der Waals surface area contributed by atoms with Crippen LogP contribution in [0.3, 0.4) is 0 Å². The summed E-state index contributed by atoms with van der Waals surface area (Å²) in [5.41, 5.74) is 2.74. The van der Waals surface area contributed by atoms with Gasteiger partial charge in [-0.15, -0.1) is 0 Å². The van der Waals surface area contributed by atoms with E-state index in [1.54, 1.807) is 38.1 Å². The molecule has 0 saturated heterocycles. The van der Waals surface area contributed by atoms with Crippen LogP contribution in [0, 0.1) is 19.7 Å². The van der Waals surface area contributed by atoms with Crippen molar-refractivity contribution in [2.75, 3.05) is 23.7 Å². The standard InChI is InChI=1S/C26H36FN3O4S/c1-6-8-15-28-26(32)23(7-2)29(17-21-10-12-22(27)13-11-21)25(31)18-30(35(5,33)34)24-14-9-19(3)16-20(24)4/h9-14,16,23H,6-8,15,17-18H2,1-5H3,(H,28,32). The van der Waals surface area contributed by atoms with E-state index in [1.165, 1.54) is 17.0 Å². The number of sulfonamides is 1. The molecular weight excluding hydrogens is 469 g/mol. The monoisotopic (exact) mass is 505 g/mol. The van der Waals surface area contributed by atoms with Crippen molar-refractivity contribution in [2.24, 2.45) is 0 Å². The van der Waals surface area contributed by atoms with Crippen molar-refractivity contribution >= 4 is 27.5 Å². The number of amides is 2. The van der Waals surface area contributed by atoms with Gasteiger partial charge in [0.05, 0.1) is 11.9 Å². The summed E-state index contributed by atoms with van der Waals surface area (Å²) in [6.07, 6.45) is 3.11. The van der Waals surface area contributed by atoms with Crippen molar-refractivity contribution in [2.45, 2.75) is 59.5 Å². The zero-order valence-corrected chi connectivity index (χ0v) is 22.0. The summed E-state index contributed by atoms with van der Waals surface area (Å²) in [7, 11) is -3.79. The highest BCUT2D eigenvalue weighted by molar-refractivity contribution is 7.92. The van der Waals surface area contributed by atoms with E-state index in [9.17, 15) is 22.4 Å². The summed E-state index contributed by atoms with van der Waals surface area (Å²) < 4.78 is 39.9. The van der Waals surface area contributed by atoms with Gasteiger partial charge >= 0.3 is 0 Å². The Balaban J connectivity index is 2.42. The fourth-order valence-electron chi connectivity index (χ4n) is 3.89. The minimum atomic E-state index is -3.79. The maximum Gasteiger partial charge on any atom is 0.244 e. The van der Waals surface area contributed by atoms with E-state index in [4.69, 9.17) is 0 Å². The van der Waals surface area contributed by atoms with Crippen LogP contribution in [0.2, 0.25) is 0 Å². The molecule has 1 unspecified atom stereocenters. The number of hydrogen-bond donors (Lipinski definition) is 1. The Morgan fingerprint density at radius 2 is 1.71 bits per heavy atom. The molecule has 0 aliphatic rings. The van der Waals surface area contributed by atoms with E-state index in [0.717, 1.165) is 34.5 Å². The summed E-state index contributed by atoms with van der Waals surface area (Å²) in [5.74, 6) is -1.22. The maximum absolute atomic E-state index is 13.6. The molecule has 0 radical (unpaired) electrons. The van der Waals surface area contributed by atoms with Gasteiger partial charge in [-0.3, -0.25) is 13.9 Å². The molecule has 0 aromatic heterocycles. The van der Waals surface area contributed by atoms with Gasteiger partial charge in [0, 0.05) is 13.1 Å². The minimum Gasteiger partial charge on any atom is -0.354 e. The van der Waals surface area contributed by atoms with Gasteiger partial charge in [-0.05, 0) is 56.0 Å². The van der Waals surface area contributed by atoms with Crippen molar-refractivity contribution in [1.82, 2.24) is 10.2 Å². The third-order valence-electron chi connectivity index (χ3n) is 5.78. The SMILES string of the molecule is CCCCNC(=O)C(CC)N(Cc1ccc(F)cc1)C(=O)CN(c1ccc(C)cc1C)S(C)(=O)=O. The number of rotatable bonds is 12. The molecule has 192 valence electrons. The summed E-state index contributed by atoms with van der Waals surface area (Å²) in [5, 5.41) is 2.87. The first-order valence-electron chi connectivity index (χ1n) is 11.8. The molecule has 0 aliphatic carbocycles. The zero-order chi connectivity index (χ0) is 26.2. The predicted molar refractivity (Wildman–Crippen MR) is 137 cm³/mol. The highest BCUT2D eigenvalue weighted by Crippen LogP contribution is 2.24. The van der Waals surface area contributed by atoms with Gasteiger partial charge in [-0.25, -0.2) is 12.8 Å². The van der Waals surface area contributed by atoms with Gasteiger partial charge in [0.15, 0.2) is 0 Å². The molecule has 0 saturated carbocycles. The molecule has 0 spiro atoms. The summed E-state index contributed by atoms with van der Waals surface area (Å²) in [6, 6.07) is 10.2. The van der Waals surface area contributed by atoms with Crippen LogP contribution < -0.4 is 9.62 Å². The lowest BCUT2D eigenvalue weighted by molar-refractivity contribution is -0.140. The van der Waals surface area contributed by atoms with Gasteiger partial charge < -0.3 is 10.2 Å². The lowest BCUT2D eigenvalue weighted by Gasteiger charge is -2.33. The zero-order valence-electron chi connectivity index (χ0n) is 21.2. The second kappa shape index (κ2) is 12.7. The van der Waals surface area contributed by atoms with E-state index >= 15 is 0 Å². The number of anilines is 1. The molecule has 0 bridgehead atoms. The number of carbonyl (C=O) groups excluding carboxylic acids is 2. The average Bonchev–Trinajstić information content (AvgIpc) is 2.78. The van der Waals surface area contributed by atoms with Crippen molar-refractivity contribution in [3.63, 3.8) is 0 Å². The van der Waals surface area contributed by atoms with Gasteiger partial charge in [0.2, 0.25) is 21.8 Å². The number of benzene rings is 2. The lowest BCUT2D eigenvalue weighted by Crippen LogP contribution is -2.52. The highest BCUT2D eigenvalue weighted by Gasteiger charge is 2.32. The Labute approximate surface area is 208 Å². The number of halogens is 1. The van der Waals surface area contributed by atoms with Crippen molar-refractivity contribution < 1.29 is 22.4 Å². The average molecular weight is 506 g/mol. The molecule has 1 N–H and O–H groups in total. The Morgan fingerprint density at radius 3 is 2.26 bits per heavy atom. The van der Waals surface area contributed by atoms with E-state index < -0.39 is 34.3 Å². The fourth-order valence-corrected chi connectivity index (χ4v) is 4.80. The van der Waals surface area contributed by atoms with E-state index in [1.807, 2.05) is 19.9 Å². The molecule has 2 amide bonds. The predicted octanol–water partition coefficient (Wildman–Crippen LogP) is 3.93. The first kappa shape index (κ1) is 28.3. The molecule has 2 aromatic carbocycles. The van der Waals surface area contributed by atoms with Crippen LogP contribution in [-0.2, 0) is 26.2 Å². The molecule has 0 heterocycles. The van der Waals surface area contributed by atoms with Gasteiger partial charge in [-0.2, -0.15) is 0 Å². The smallest absolute Gasteiger partial charge is 0.244 e. The molecule has 2 aromatic rings. The van der Waals surface area contributed by atoms with Gasteiger partial charge in [-0.1, -0.05) is 50.1 Å². The Kier molecular flexibility index (Phi) is 10.2. The number of nitrogens with zero attached hydrogens (tertiary/aromatic N) is 2. The molecule has 0 aliphatic heterocycles. The quantitative estimate of drug-likeness (QED) is 0.443. The van der Waals surface area contributed by atoms with E-state index in [0.29, 0.717) is 24.2 Å². The van der Waals surface area contributed by atoms with Crippen LogP contribution in [0.4, 0.5) is 10.1 Å². The van der Waals surface area contributed by atoms with Crippen LogP contribution >= 0.6 is 0 Å². The molecule has 1 atom stereocenters. The highest BCUT2D eigenvalue weighted by atomic mass is 32.2. The second-order valence-corrected chi connectivity index (χ2v) is 10.7. The van der Waals surface area contributed by atoms with Crippen LogP contribution in [0.1, 0.15) is 49.8 Å². The third kappa shape index (κ3) is 8.06. The Bertz CT molecular complexity index is 1120. The van der Waals surface area contributed by atoms with Crippen LogP contribution in [-0.4, -0.2) is 50.5 Å². The molecular formula is C26H36FN3O4S. The van der Waals surface area contributed by atoms with Crippen molar-refractivity contribution in [3.05, 3.63) is 65.0 Å². The lowest BCUT2D eigenvalue weighted by atomic mass is 10.1. The first-order valence-corrected chi connectivity index (χ1v) is 13.7. The van der Waals surface area contributed by atoms with Crippen molar-refractivity contribution in [3.8, 4) is 0 Å². The number of unbranched alkanes of at least 4 members (excludes halogenated alkanes) is 1. The molecule has 9 heteroatoms. The van der Waals surface area contributed by atoms with E-state index in [2.05, 4.69) is 5.32 Å². The van der Waals surface area contributed by atoms with Crippen molar-refractivity contribution in [1.29, 1.82) is 0 Å². The summed E-state index contributed by atoms with van der Waals surface area (Å²) in [4.78, 5) is 28.0. The number of hydrogen-bond acceptors (Lipinski definition) is 4. The second-order valence-electron chi connectivity index (χ2n) is 8.78. The third-order valence-corrected chi connectivity index (χ3v) is 6.91. The van der Waals surface area contributed by atoms with Gasteiger partial charge in [0.1, 0.15) is 18.4 Å². The summed E-state index contributed by atoms with van der Waals surface area (Å²) >= 11 is 0. The van der Waals surface area contributed by atoms with Crippen LogP contribution in [0.15, 0.2) is 42.5 Å². The fraction of sp³-hybridized carbons (Fsp3) is 0.462. The number of carbonyl (C=O) groups is 2. The maximum atomic E-state index is 13.6.